The predicted molar refractivity (Wildman–Crippen MR) is 145 cm³/mol. The molecule has 0 aliphatic rings. The van der Waals surface area contributed by atoms with Gasteiger partial charge in [0.05, 0.1) is 12.1 Å². The third-order valence-electron chi connectivity index (χ3n) is 5.86. The summed E-state index contributed by atoms with van der Waals surface area (Å²) >= 11 is 0. The van der Waals surface area contributed by atoms with Crippen molar-refractivity contribution in [3.05, 3.63) is 72.1 Å². The molecule has 0 aliphatic carbocycles. The number of aromatic amines is 2. The topological polar surface area (TPSA) is 142 Å². The van der Waals surface area contributed by atoms with Crippen molar-refractivity contribution in [3.8, 4) is 0 Å². The number of nitrogens with two attached hydrogens (primary N) is 2. The molecule has 4 rings (SSSR count). The first kappa shape index (κ1) is 28.2. The minimum absolute atomic E-state index is 0. The van der Waals surface area contributed by atoms with Gasteiger partial charge in [-0.05, 0) is 42.5 Å². The van der Waals surface area contributed by atoms with Crippen LogP contribution in [-0.2, 0) is 22.4 Å². The molecule has 0 saturated carbocycles. The van der Waals surface area contributed by atoms with Crippen LogP contribution in [0, 0.1) is 0 Å². The predicted octanol–water partition coefficient (Wildman–Crippen LogP) is 2.56. The Hall–Kier alpha value is -3.04. The van der Waals surface area contributed by atoms with Gasteiger partial charge in [0.15, 0.2) is 0 Å². The van der Waals surface area contributed by atoms with Crippen molar-refractivity contribution in [2.24, 2.45) is 11.5 Å². The number of hydrogen-bond donors (Lipinski definition) is 6. The van der Waals surface area contributed by atoms with Crippen molar-refractivity contribution in [3.63, 3.8) is 0 Å². The smallest absolute Gasteiger partial charge is 0.237 e. The molecule has 8 N–H and O–H groups in total. The number of halogens is 2. The van der Waals surface area contributed by atoms with Crippen molar-refractivity contribution in [1.29, 1.82) is 0 Å². The molecule has 188 valence electrons. The van der Waals surface area contributed by atoms with E-state index < -0.39 is 12.1 Å². The maximum Gasteiger partial charge on any atom is 0.237 e. The molecular weight excluding hydrogens is 487 g/mol. The van der Waals surface area contributed by atoms with Crippen molar-refractivity contribution in [2.45, 2.75) is 31.3 Å². The summed E-state index contributed by atoms with van der Waals surface area (Å²) in [6, 6.07) is 14.6. The monoisotopic (exact) mass is 518 g/mol. The molecule has 2 amide bonds. The number of aromatic nitrogens is 2. The Labute approximate surface area is 216 Å². The molecule has 2 aromatic carbocycles. The summed E-state index contributed by atoms with van der Waals surface area (Å²) < 4.78 is 0. The molecule has 2 aromatic heterocycles. The molecule has 2 heterocycles. The quantitative estimate of drug-likeness (QED) is 0.179. The Balaban J connectivity index is 0.00000216. The Morgan fingerprint density at radius 1 is 0.714 bits per heavy atom. The van der Waals surface area contributed by atoms with E-state index in [1.165, 1.54) is 0 Å². The number of carbonyl (C=O) groups is 2. The van der Waals surface area contributed by atoms with Gasteiger partial charge in [0.2, 0.25) is 11.8 Å². The Bertz CT molecular complexity index is 1160. The lowest BCUT2D eigenvalue weighted by molar-refractivity contribution is -0.122. The van der Waals surface area contributed by atoms with Crippen LogP contribution in [0.25, 0.3) is 21.8 Å². The van der Waals surface area contributed by atoms with Crippen LogP contribution in [0.15, 0.2) is 60.9 Å². The van der Waals surface area contributed by atoms with E-state index in [2.05, 4.69) is 20.6 Å². The molecule has 2 atom stereocenters. The van der Waals surface area contributed by atoms with Gasteiger partial charge in [-0.3, -0.25) is 9.59 Å². The van der Waals surface area contributed by atoms with E-state index in [1.54, 1.807) is 0 Å². The fraction of sp³-hybridized carbons (Fsp3) is 0.280. The van der Waals surface area contributed by atoms with E-state index >= 15 is 0 Å². The SMILES string of the molecule is Cl.Cl.N[C@@H](Cc1c[nH]c2ccccc12)C(=O)NCCCNC(=O)[C@@H](N)Cc1c[nH]c2ccccc12. The molecule has 0 bridgehead atoms. The highest BCUT2D eigenvalue weighted by Crippen LogP contribution is 2.19. The molecule has 35 heavy (non-hydrogen) atoms. The zero-order valence-corrected chi connectivity index (χ0v) is 20.9. The van der Waals surface area contributed by atoms with Crippen molar-refractivity contribution in [1.82, 2.24) is 20.6 Å². The summed E-state index contributed by atoms with van der Waals surface area (Å²) in [6.07, 6.45) is 5.29. The number of para-hydroxylation sites is 2. The number of H-pyrrole nitrogens is 2. The molecule has 0 spiro atoms. The van der Waals surface area contributed by atoms with Crippen LogP contribution >= 0.6 is 24.8 Å². The Morgan fingerprint density at radius 2 is 1.11 bits per heavy atom. The van der Waals surface area contributed by atoms with Gasteiger partial charge in [-0.15, -0.1) is 24.8 Å². The first-order chi connectivity index (χ1) is 16.0. The highest BCUT2D eigenvalue weighted by Gasteiger charge is 2.17. The van der Waals surface area contributed by atoms with Crippen LogP contribution in [0.2, 0.25) is 0 Å². The second-order valence-electron chi connectivity index (χ2n) is 8.28. The van der Waals surface area contributed by atoms with Gasteiger partial charge in [-0.25, -0.2) is 0 Å². The first-order valence-corrected chi connectivity index (χ1v) is 11.2. The van der Waals surface area contributed by atoms with Gasteiger partial charge >= 0.3 is 0 Å². The fourth-order valence-electron chi connectivity index (χ4n) is 4.03. The summed E-state index contributed by atoms with van der Waals surface area (Å²) in [5.41, 5.74) is 16.3. The number of nitrogens with one attached hydrogen (secondary N) is 4. The number of benzene rings is 2. The number of rotatable bonds is 10. The Morgan fingerprint density at radius 3 is 1.54 bits per heavy atom. The first-order valence-electron chi connectivity index (χ1n) is 11.2. The van der Waals surface area contributed by atoms with E-state index in [0.717, 1.165) is 32.9 Å². The Kier molecular flexibility index (Phi) is 10.6. The third kappa shape index (κ3) is 6.99. The van der Waals surface area contributed by atoms with Crippen LogP contribution in [0.1, 0.15) is 17.5 Å². The molecule has 0 unspecified atom stereocenters. The second kappa shape index (κ2) is 13.2. The lowest BCUT2D eigenvalue weighted by Crippen LogP contribution is -2.44. The lowest BCUT2D eigenvalue weighted by Gasteiger charge is -2.14. The van der Waals surface area contributed by atoms with Crippen LogP contribution in [0.3, 0.4) is 0 Å². The van der Waals surface area contributed by atoms with Crippen molar-refractivity contribution in [2.75, 3.05) is 13.1 Å². The number of hydrogen-bond acceptors (Lipinski definition) is 4. The maximum atomic E-state index is 12.3. The molecule has 8 nitrogen and oxygen atoms in total. The molecule has 0 radical (unpaired) electrons. The number of amides is 2. The zero-order chi connectivity index (χ0) is 23.2. The van der Waals surface area contributed by atoms with E-state index in [9.17, 15) is 9.59 Å². The van der Waals surface area contributed by atoms with Crippen LogP contribution in [-0.4, -0.2) is 47.0 Å². The third-order valence-corrected chi connectivity index (χ3v) is 5.86. The van der Waals surface area contributed by atoms with E-state index in [4.69, 9.17) is 11.5 Å². The summed E-state index contributed by atoms with van der Waals surface area (Å²) in [6.45, 7) is 0.858. The zero-order valence-electron chi connectivity index (χ0n) is 19.3. The molecule has 4 aromatic rings. The van der Waals surface area contributed by atoms with Crippen LogP contribution in [0.4, 0.5) is 0 Å². The summed E-state index contributed by atoms with van der Waals surface area (Å²) in [5, 5.41) is 7.84. The minimum atomic E-state index is -0.636. The van der Waals surface area contributed by atoms with Gasteiger partial charge in [0, 0.05) is 47.3 Å². The summed E-state index contributed by atoms with van der Waals surface area (Å²) in [4.78, 5) is 31.1. The van der Waals surface area contributed by atoms with E-state index in [0.29, 0.717) is 32.4 Å². The normalized spacial score (nSPS) is 12.4. The van der Waals surface area contributed by atoms with Gasteiger partial charge in [-0.2, -0.15) is 0 Å². The summed E-state index contributed by atoms with van der Waals surface area (Å²) in [5.74, 6) is -0.412. The highest BCUT2D eigenvalue weighted by molar-refractivity contribution is 5.87. The van der Waals surface area contributed by atoms with Crippen LogP contribution in [0.5, 0.6) is 0 Å². The molecule has 0 aliphatic heterocycles. The maximum absolute atomic E-state index is 12.3. The van der Waals surface area contributed by atoms with Gasteiger partial charge in [0.1, 0.15) is 0 Å². The summed E-state index contributed by atoms with van der Waals surface area (Å²) in [7, 11) is 0. The van der Waals surface area contributed by atoms with Gasteiger partial charge < -0.3 is 32.1 Å². The lowest BCUT2D eigenvalue weighted by atomic mass is 10.0. The highest BCUT2D eigenvalue weighted by atomic mass is 35.5. The second-order valence-corrected chi connectivity index (χ2v) is 8.28. The van der Waals surface area contributed by atoms with Crippen molar-refractivity contribution >= 4 is 58.4 Å². The van der Waals surface area contributed by atoms with E-state index in [-0.39, 0.29) is 36.6 Å². The fourth-order valence-corrected chi connectivity index (χ4v) is 4.03. The van der Waals surface area contributed by atoms with Crippen molar-refractivity contribution < 1.29 is 9.59 Å². The molecule has 0 saturated heterocycles. The van der Waals surface area contributed by atoms with Gasteiger partial charge in [-0.1, -0.05) is 36.4 Å². The largest absolute Gasteiger partial charge is 0.361 e. The average molecular weight is 519 g/mol. The number of carbonyl (C=O) groups excluding carboxylic acids is 2. The standard InChI is InChI=1S/C25H30N6O2.2ClH/c26-20(12-16-14-30-22-8-3-1-6-18(16)22)24(32)28-10-5-11-29-25(33)21(27)13-17-15-31-23-9-4-2-7-19(17)23;;/h1-4,6-9,14-15,20-21,30-31H,5,10-13,26-27H2,(H,28,32)(H,29,33);2*1H/t20-,21-;;/m0../s1. The minimum Gasteiger partial charge on any atom is -0.361 e. The van der Waals surface area contributed by atoms with Gasteiger partial charge in [0.25, 0.3) is 0 Å². The number of fused-ring (bicyclic) bond motifs is 2. The molecular formula is C25H32Cl2N6O2. The van der Waals surface area contributed by atoms with E-state index in [1.807, 2.05) is 60.9 Å². The van der Waals surface area contributed by atoms with Crippen LogP contribution < -0.4 is 22.1 Å². The molecule has 10 heteroatoms. The average Bonchev–Trinajstić information content (AvgIpc) is 3.43. The molecule has 0 fully saturated rings.